The molecule has 1 N–H and O–H groups in total. The fourth-order valence-corrected chi connectivity index (χ4v) is 4.02. The molecule has 1 amide bonds. The van der Waals surface area contributed by atoms with E-state index in [-0.39, 0.29) is 11.8 Å². The molecule has 1 saturated carbocycles. The van der Waals surface area contributed by atoms with Crippen LogP contribution >= 0.6 is 0 Å². The molecule has 4 heteroatoms. The Morgan fingerprint density at radius 2 is 1.68 bits per heavy atom. The maximum absolute atomic E-state index is 13.0. The molecule has 0 radical (unpaired) electrons. The van der Waals surface area contributed by atoms with Crippen LogP contribution in [0.15, 0.2) is 24.3 Å². The molecule has 3 rings (SSSR count). The lowest BCUT2D eigenvalue weighted by atomic mass is 9.65. The molecule has 2 aliphatic rings. The predicted octanol–water partition coefficient (Wildman–Crippen LogP) is 3.06. The summed E-state index contributed by atoms with van der Waals surface area (Å²) >= 11 is 0. The quantitative estimate of drug-likeness (QED) is 0.913. The van der Waals surface area contributed by atoms with Crippen LogP contribution in [0.25, 0.3) is 0 Å². The van der Waals surface area contributed by atoms with E-state index in [2.05, 4.69) is 12.1 Å². The Bertz CT molecular complexity index is 612. The van der Waals surface area contributed by atoms with E-state index in [1.54, 1.807) is 6.92 Å². The summed E-state index contributed by atoms with van der Waals surface area (Å²) in [5.41, 5.74) is 1.03. The first-order valence-electron chi connectivity index (χ1n) is 7.86. The van der Waals surface area contributed by atoms with Crippen molar-refractivity contribution in [3.05, 3.63) is 35.4 Å². The van der Waals surface area contributed by atoms with Crippen LogP contribution < -0.4 is 0 Å². The number of amides is 1. The van der Waals surface area contributed by atoms with Crippen molar-refractivity contribution in [2.24, 2.45) is 16.7 Å². The molecular formula is C18H23NO3. The molecule has 0 saturated heterocycles. The maximum atomic E-state index is 13.0. The lowest BCUT2D eigenvalue weighted by Gasteiger charge is -2.39. The van der Waals surface area contributed by atoms with Crippen LogP contribution in [-0.4, -0.2) is 21.9 Å². The highest BCUT2D eigenvalue weighted by Gasteiger charge is 2.59. The van der Waals surface area contributed by atoms with E-state index >= 15 is 0 Å². The van der Waals surface area contributed by atoms with Crippen LogP contribution in [0.2, 0.25) is 0 Å². The molecule has 2 atom stereocenters. The van der Waals surface area contributed by atoms with Crippen LogP contribution in [0.5, 0.6) is 0 Å². The van der Waals surface area contributed by atoms with Crippen molar-refractivity contribution in [1.29, 1.82) is 0 Å². The second-order valence-electron chi connectivity index (χ2n) is 7.41. The number of hydrogen-bond donors (Lipinski definition) is 1. The molecule has 1 aromatic rings. The fourth-order valence-electron chi connectivity index (χ4n) is 4.02. The highest BCUT2D eigenvalue weighted by molar-refractivity contribution is 5.84. The average molecular weight is 301 g/mol. The molecule has 1 heterocycles. The number of aliphatic carboxylic acids is 1. The van der Waals surface area contributed by atoms with Crippen LogP contribution in [0.1, 0.15) is 44.7 Å². The zero-order chi connectivity index (χ0) is 16.1. The molecule has 0 bridgehead atoms. The van der Waals surface area contributed by atoms with Gasteiger partial charge in [0.25, 0.3) is 0 Å². The molecule has 0 spiro atoms. The average Bonchev–Trinajstić information content (AvgIpc) is 2.99. The first kappa shape index (κ1) is 15.1. The van der Waals surface area contributed by atoms with Crippen molar-refractivity contribution in [2.45, 2.75) is 46.7 Å². The van der Waals surface area contributed by atoms with Gasteiger partial charge >= 0.3 is 5.97 Å². The molecule has 118 valence electrons. The van der Waals surface area contributed by atoms with E-state index in [0.717, 1.165) is 0 Å². The van der Waals surface area contributed by atoms with Gasteiger partial charge in [-0.15, -0.1) is 0 Å². The molecular weight excluding hydrogens is 278 g/mol. The van der Waals surface area contributed by atoms with Gasteiger partial charge in [-0.3, -0.25) is 9.59 Å². The molecule has 1 aliphatic carbocycles. The lowest BCUT2D eigenvalue weighted by molar-refractivity contribution is -0.156. The zero-order valence-corrected chi connectivity index (χ0v) is 13.4. The number of carboxylic acid groups (broad SMARTS) is 1. The Hall–Kier alpha value is -1.84. The Balaban J connectivity index is 1.82. The Labute approximate surface area is 131 Å². The highest BCUT2D eigenvalue weighted by atomic mass is 16.4. The molecule has 1 aliphatic heterocycles. The standard InChI is InChI=1S/C18H23NO3/c1-17(2)14(8-9-18(17,3)16(21)22)15(20)19-10-12-6-4-5-7-13(12)11-19/h4-7,14H,8-11H2,1-3H3,(H,21,22)/t14-,18+/m1/s1. The number of carbonyl (C=O) groups excluding carboxylic acids is 1. The molecule has 1 aromatic carbocycles. The number of rotatable bonds is 2. The monoisotopic (exact) mass is 301 g/mol. The summed E-state index contributed by atoms with van der Waals surface area (Å²) < 4.78 is 0. The van der Waals surface area contributed by atoms with Gasteiger partial charge in [-0.05, 0) is 36.3 Å². The van der Waals surface area contributed by atoms with E-state index in [1.807, 2.05) is 30.9 Å². The Kier molecular flexibility index (Phi) is 3.31. The van der Waals surface area contributed by atoms with E-state index in [4.69, 9.17) is 0 Å². The van der Waals surface area contributed by atoms with Gasteiger partial charge < -0.3 is 10.0 Å². The first-order valence-corrected chi connectivity index (χ1v) is 7.86. The number of hydrogen-bond acceptors (Lipinski definition) is 2. The number of fused-ring (bicyclic) bond motifs is 1. The third-order valence-electron chi connectivity index (χ3n) is 6.15. The van der Waals surface area contributed by atoms with Gasteiger partial charge in [0.15, 0.2) is 0 Å². The summed E-state index contributed by atoms with van der Waals surface area (Å²) in [7, 11) is 0. The van der Waals surface area contributed by atoms with Crippen LogP contribution in [0, 0.1) is 16.7 Å². The van der Waals surface area contributed by atoms with Gasteiger partial charge in [-0.1, -0.05) is 38.1 Å². The second-order valence-corrected chi connectivity index (χ2v) is 7.41. The van der Waals surface area contributed by atoms with E-state index < -0.39 is 16.8 Å². The second kappa shape index (κ2) is 4.83. The summed E-state index contributed by atoms with van der Waals surface area (Å²) in [5.74, 6) is -0.911. The topological polar surface area (TPSA) is 57.6 Å². The van der Waals surface area contributed by atoms with Crippen molar-refractivity contribution in [3.8, 4) is 0 Å². The van der Waals surface area contributed by atoms with E-state index in [9.17, 15) is 14.7 Å². The normalized spacial score (nSPS) is 29.4. The third-order valence-corrected chi connectivity index (χ3v) is 6.15. The maximum Gasteiger partial charge on any atom is 0.309 e. The van der Waals surface area contributed by atoms with Crippen LogP contribution in [0.4, 0.5) is 0 Å². The fraction of sp³-hybridized carbons (Fsp3) is 0.556. The van der Waals surface area contributed by atoms with E-state index in [0.29, 0.717) is 25.9 Å². The number of carbonyl (C=O) groups is 2. The van der Waals surface area contributed by atoms with Gasteiger partial charge in [0.05, 0.1) is 5.41 Å². The SMILES string of the molecule is CC1(C)[C@@H](C(=O)N2Cc3ccccc3C2)CC[C@@]1(C)C(=O)O. The van der Waals surface area contributed by atoms with Crippen LogP contribution in [0.3, 0.4) is 0 Å². The minimum Gasteiger partial charge on any atom is -0.481 e. The predicted molar refractivity (Wildman–Crippen MR) is 82.9 cm³/mol. The Morgan fingerprint density at radius 1 is 1.14 bits per heavy atom. The third kappa shape index (κ3) is 1.97. The van der Waals surface area contributed by atoms with Crippen molar-refractivity contribution in [3.63, 3.8) is 0 Å². The van der Waals surface area contributed by atoms with Gasteiger partial charge in [-0.25, -0.2) is 0 Å². The van der Waals surface area contributed by atoms with Crippen molar-refractivity contribution in [2.75, 3.05) is 0 Å². The summed E-state index contributed by atoms with van der Waals surface area (Å²) in [6, 6.07) is 8.11. The number of benzene rings is 1. The lowest BCUT2D eigenvalue weighted by Crippen LogP contribution is -2.45. The molecule has 0 unspecified atom stereocenters. The molecule has 0 aromatic heterocycles. The number of carboxylic acids is 1. The largest absolute Gasteiger partial charge is 0.481 e. The smallest absolute Gasteiger partial charge is 0.309 e. The van der Waals surface area contributed by atoms with Gasteiger partial charge in [0, 0.05) is 19.0 Å². The summed E-state index contributed by atoms with van der Waals surface area (Å²) in [6.07, 6.45) is 1.22. The van der Waals surface area contributed by atoms with Gasteiger partial charge in [0.2, 0.25) is 5.91 Å². The van der Waals surface area contributed by atoms with Gasteiger partial charge in [-0.2, -0.15) is 0 Å². The van der Waals surface area contributed by atoms with E-state index in [1.165, 1.54) is 11.1 Å². The first-order chi connectivity index (χ1) is 10.3. The minimum absolute atomic E-state index is 0.103. The Morgan fingerprint density at radius 3 is 2.14 bits per heavy atom. The molecule has 4 nitrogen and oxygen atoms in total. The summed E-state index contributed by atoms with van der Waals surface area (Å²) in [5, 5.41) is 9.59. The number of nitrogens with zero attached hydrogens (tertiary/aromatic N) is 1. The van der Waals surface area contributed by atoms with Gasteiger partial charge in [0.1, 0.15) is 0 Å². The summed E-state index contributed by atoms with van der Waals surface area (Å²) in [6.45, 7) is 6.93. The zero-order valence-electron chi connectivity index (χ0n) is 13.4. The summed E-state index contributed by atoms with van der Waals surface area (Å²) in [4.78, 5) is 26.5. The van der Waals surface area contributed by atoms with Crippen molar-refractivity contribution in [1.82, 2.24) is 4.90 Å². The minimum atomic E-state index is -0.833. The van der Waals surface area contributed by atoms with Crippen molar-refractivity contribution < 1.29 is 14.7 Å². The molecule has 1 fully saturated rings. The van der Waals surface area contributed by atoms with Crippen LogP contribution in [-0.2, 0) is 22.7 Å². The molecule has 22 heavy (non-hydrogen) atoms. The highest BCUT2D eigenvalue weighted by Crippen LogP contribution is 2.56. The van der Waals surface area contributed by atoms with Crippen molar-refractivity contribution >= 4 is 11.9 Å².